The van der Waals surface area contributed by atoms with Gasteiger partial charge in [-0.25, -0.2) is 18.2 Å². The minimum atomic E-state index is -3.14. The van der Waals surface area contributed by atoms with Crippen LogP contribution in [-0.2, 0) is 9.84 Å². The molecule has 2 aliphatic heterocycles. The first kappa shape index (κ1) is 13.5. The first-order valence-corrected chi connectivity index (χ1v) is 8.71. The maximum Gasteiger partial charge on any atom is 0.324 e. The Kier molecular flexibility index (Phi) is 2.87. The molecule has 3 rings (SSSR count). The van der Waals surface area contributed by atoms with Gasteiger partial charge >= 0.3 is 6.03 Å². The Bertz CT molecular complexity index is 709. The first-order valence-electron chi connectivity index (χ1n) is 6.07. The lowest BCUT2D eigenvalue weighted by atomic mass is 10.2. The molecule has 2 aliphatic rings. The lowest BCUT2D eigenvalue weighted by molar-refractivity contribution is 0.102. The van der Waals surface area contributed by atoms with Crippen molar-refractivity contribution in [2.45, 2.75) is 25.9 Å². The van der Waals surface area contributed by atoms with Crippen molar-refractivity contribution < 1.29 is 18.0 Å². The molecule has 7 nitrogen and oxygen atoms in total. The van der Waals surface area contributed by atoms with Crippen LogP contribution in [0.4, 0.5) is 9.93 Å². The quantitative estimate of drug-likeness (QED) is 0.627. The maximum absolute atomic E-state index is 12.0. The highest BCUT2D eigenvalue weighted by Crippen LogP contribution is 2.33. The average Bonchev–Trinajstić information content (AvgIpc) is 2.88. The number of carbonyl (C=O) groups is 2. The van der Waals surface area contributed by atoms with Gasteiger partial charge < -0.3 is 5.32 Å². The Morgan fingerprint density at radius 2 is 2.15 bits per heavy atom. The van der Waals surface area contributed by atoms with Crippen LogP contribution < -0.4 is 10.2 Å². The van der Waals surface area contributed by atoms with E-state index in [1.165, 1.54) is 11.8 Å². The molecule has 2 amide bonds. The second kappa shape index (κ2) is 4.26. The summed E-state index contributed by atoms with van der Waals surface area (Å²) >= 11 is 1.13. The predicted molar refractivity (Wildman–Crippen MR) is 74.1 cm³/mol. The van der Waals surface area contributed by atoms with E-state index in [0.29, 0.717) is 15.7 Å². The number of aromatic nitrogens is 1. The normalized spacial score (nSPS) is 27.5. The number of ketones is 1. The maximum atomic E-state index is 12.0. The highest BCUT2D eigenvalue weighted by atomic mass is 32.2. The van der Waals surface area contributed by atoms with E-state index in [1.54, 1.807) is 6.92 Å². The first-order chi connectivity index (χ1) is 9.28. The van der Waals surface area contributed by atoms with Gasteiger partial charge in [0.1, 0.15) is 0 Å². The third kappa shape index (κ3) is 2.01. The minimum Gasteiger partial charge on any atom is -0.332 e. The number of sulfone groups is 1. The number of rotatable bonds is 2. The highest BCUT2D eigenvalue weighted by Gasteiger charge is 2.50. The van der Waals surface area contributed by atoms with Crippen LogP contribution in [0.3, 0.4) is 0 Å². The molecule has 1 N–H and O–H groups in total. The molecule has 1 aromatic heterocycles. The fourth-order valence-electron chi connectivity index (χ4n) is 2.64. The zero-order chi connectivity index (χ0) is 14.7. The van der Waals surface area contributed by atoms with E-state index in [4.69, 9.17) is 0 Å². The largest absolute Gasteiger partial charge is 0.332 e. The van der Waals surface area contributed by atoms with E-state index < -0.39 is 21.9 Å². The Labute approximate surface area is 119 Å². The standard InChI is InChI=1S/C11H13N3O4S2/c1-5-9(6(2)15)19-11(12-5)14-8-4-20(17,18)3-7(8)13-10(14)16/h7-8H,3-4H2,1-2H3,(H,13,16)/t7-,8-/m1/s1. The van der Waals surface area contributed by atoms with Crippen molar-refractivity contribution in [3.05, 3.63) is 10.6 Å². The van der Waals surface area contributed by atoms with Crippen molar-refractivity contribution in [2.75, 3.05) is 16.4 Å². The number of anilines is 1. The van der Waals surface area contributed by atoms with Crippen molar-refractivity contribution in [2.24, 2.45) is 0 Å². The van der Waals surface area contributed by atoms with Crippen LogP contribution in [0.2, 0.25) is 0 Å². The van der Waals surface area contributed by atoms with Crippen LogP contribution in [0, 0.1) is 6.92 Å². The molecule has 2 saturated heterocycles. The molecule has 0 unspecified atom stereocenters. The number of fused-ring (bicyclic) bond motifs is 1. The van der Waals surface area contributed by atoms with Crippen molar-refractivity contribution in [3.8, 4) is 0 Å². The summed E-state index contributed by atoms with van der Waals surface area (Å²) < 4.78 is 23.3. The van der Waals surface area contributed by atoms with Crippen molar-refractivity contribution in [1.82, 2.24) is 10.3 Å². The summed E-state index contributed by atoms with van der Waals surface area (Å²) in [4.78, 5) is 29.6. The number of amides is 2. The number of nitrogens with zero attached hydrogens (tertiary/aromatic N) is 2. The van der Waals surface area contributed by atoms with Gasteiger partial charge in [0.15, 0.2) is 20.8 Å². The van der Waals surface area contributed by atoms with Gasteiger partial charge in [-0.15, -0.1) is 0 Å². The molecule has 0 aromatic carbocycles. The summed E-state index contributed by atoms with van der Waals surface area (Å²) in [6, 6.07) is -1.17. The number of urea groups is 1. The SMILES string of the molecule is CC(=O)c1sc(N2C(=O)N[C@@H]3CS(=O)(=O)C[C@H]32)nc1C. The van der Waals surface area contributed by atoms with Crippen LogP contribution in [0.5, 0.6) is 0 Å². The van der Waals surface area contributed by atoms with Crippen LogP contribution in [0.1, 0.15) is 22.3 Å². The molecule has 0 bridgehead atoms. The third-order valence-corrected chi connectivity index (χ3v) is 6.47. The van der Waals surface area contributed by atoms with E-state index in [-0.39, 0.29) is 23.3 Å². The highest BCUT2D eigenvalue weighted by molar-refractivity contribution is 7.91. The smallest absolute Gasteiger partial charge is 0.324 e. The Hall–Kier alpha value is -1.48. The van der Waals surface area contributed by atoms with Gasteiger partial charge in [0.2, 0.25) is 0 Å². The second-order valence-electron chi connectivity index (χ2n) is 5.04. The molecule has 3 heterocycles. The van der Waals surface area contributed by atoms with Crippen LogP contribution in [0.15, 0.2) is 0 Å². The molecule has 2 atom stereocenters. The van der Waals surface area contributed by atoms with Crippen LogP contribution >= 0.6 is 11.3 Å². The third-order valence-electron chi connectivity index (χ3n) is 3.49. The number of aryl methyl sites for hydroxylation is 1. The number of thiazole rings is 1. The van der Waals surface area contributed by atoms with E-state index in [2.05, 4.69) is 10.3 Å². The zero-order valence-corrected chi connectivity index (χ0v) is 12.5. The molecule has 0 saturated carbocycles. The van der Waals surface area contributed by atoms with Crippen LogP contribution in [0.25, 0.3) is 0 Å². The van der Waals surface area contributed by atoms with Gasteiger partial charge in [-0.05, 0) is 6.92 Å². The predicted octanol–water partition coefficient (Wildman–Crippen LogP) is 0.349. The van der Waals surface area contributed by atoms with Gasteiger partial charge in [0, 0.05) is 6.92 Å². The van der Waals surface area contributed by atoms with E-state index in [0.717, 1.165) is 11.3 Å². The number of carbonyl (C=O) groups excluding carboxylic acids is 2. The van der Waals surface area contributed by atoms with Gasteiger partial charge in [0.25, 0.3) is 0 Å². The summed E-state index contributed by atoms with van der Waals surface area (Å²) in [5.41, 5.74) is 0.564. The van der Waals surface area contributed by atoms with E-state index in [1.807, 2.05) is 0 Å². The molecule has 20 heavy (non-hydrogen) atoms. The fraction of sp³-hybridized carbons (Fsp3) is 0.545. The number of nitrogens with one attached hydrogen (secondary N) is 1. The molecule has 1 aromatic rings. The van der Waals surface area contributed by atoms with Gasteiger partial charge in [-0.1, -0.05) is 11.3 Å². The van der Waals surface area contributed by atoms with Crippen molar-refractivity contribution in [3.63, 3.8) is 0 Å². The summed E-state index contributed by atoms with van der Waals surface area (Å²) in [5.74, 6) is -0.213. The summed E-state index contributed by atoms with van der Waals surface area (Å²) in [7, 11) is -3.14. The molecule has 0 radical (unpaired) electrons. The van der Waals surface area contributed by atoms with Gasteiger partial charge in [0.05, 0.1) is 34.2 Å². The Morgan fingerprint density at radius 3 is 2.75 bits per heavy atom. The zero-order valence-electron chi connectivity index (χ0n) is 10.9. The van der Waals surface area contributed by atoms with Gasteiger partial charge in [-0.3, -0.25) is 9.69 Å². The molecule has 0 spiro atoms. The van der Waals surface area contributed by atoms with Crippen molar-refractivity contribution >= 4 is 38.1 Å². The molecular weight excluding hydrogens is 302 g/mol. The second-order valence-corrected chi connectivity index (χ2v) is 8.17. The monoisotopic (exact) mass is 315 g/mol. The summed E-state index contributed by atoms with van der Waals surface area (Å²) in [5, 5.41) is 3.05. The molecule has 0 aliphatic carbocycles. The number of hydrogen-bond acceptors (Lipinski definition) is 6. The average molecular weight is 315 g/mol. The summed E-state index contributed by atoms with van der Waals surface area (Å²) in [6.07, 6.45) is 0. The van der Waals surface area contributed by atoms with E-state index in [9.17, 15) is 18.0 Å². The molecule has 108 valence electrons. The lowest BCUT2D eigenvalue weighted by Crippen LogP contribution is -2.36. The Balaban J connectivity index is 1.99. The fourth-order valence-corrected chi connectivity index (χ4v) is 5.55. The van der Waals surface area contributed by atoms with Crippen LogP contribution in [-0.4, -0.2) is 48.8 Å². The van der Waals surface area contributed by atoms with Gasteiger partial charge in [-0.2, -0.15) is 0 Å². The molecular formula is C11H13N3O4S2. The number of Topliss-reactive ketones (excluding diaryl/α,β-unsaturated/α-hetero) is 1. The minimum absolute atomic E-state index is 0.0379. The molecule has 9 heteroatoms. The summed E-state index contributed by atoms with van der Waals surface area (Å²) in [6.45, 7) is 3.14. The number of hydrogen-bond donors (Lipinski definition) is 1. The van der Waals surface area contributed by atoms with E-state index >= 15 is 0 Å². The Morgan fingerprint density at radius 1 is 1.45 bits per heavy atom. The molecule has 2 fully saturated rings. The van der Waals surface area contributed by atoms with Crippen molar-refractivity contribution in [1.29, 1.82) is 0 Å². The topological polar surface area (TPSA) is 96.4 Å². The lowest BCUT2D eigenvalue weighted by Gasteiger charge is -2.17.